The summed E-state index contributed by atoms with van der Waals surface area (Å²) >= 11 is 1.46. The van der Waals surface area contributed by atoms with Crippen LogP contribution in [-0.2, 0) is 22.3 Å². The fourth-order valence-electron chi connectivity index (χ4n) is 2.41. The summed E-state index contributed by atoms with van der Waals surface area (Å²) < 4.78 is 10.8. The Labute approximate surface area is 114 Å². The number of amides is 1. The van der Waals surface area contributed by atoms with Gasteiger partial charge in [0.15, 0.2) is 6.29 Å². The molecule has 1 amide bonds. The molecule has 19 heavy (non-hydrogen) atoms. The minimum Gasteiger partial charge on any atom is -0.506 e. The van der Waals surface area contributed by atoms with E-state index in [0.717, 1.165) is 10.4 Å². The van der Waals surface area contributed by atoms with Gasteiger partial charge >= 0.3 is 6.09 Å². The zero-order chi connectivity index (χ0) is 13.6. The first-order chi connectivity index (χ1) is 9.06. The van der Waals surface area contributed by atoms with Gasteiger partial charge in [-0.25, -0.2) is 4.79 Å². The summed E-state index contributed by atoms with van der Waals surface area (Å²) in [5, 5.41) is 19.2. The molecule has 0 aromatic carbocycles. The van der Waals surface area contributed by atoms with Gasteiger partial charge in [0.2, 0.25) is 6.29 Å². The Morgan fingerprint density at radius 1 is 1.37 bits per heavy atom. The normalized spacial score (nSPS) is 26.5. The molecule has 1 saturated heterocycles. The standard InChI is InChI=1S/C12H15NO5S/c1-6-17-11(18-6)10-9(14)7-2-4-13(12(15)16)5-3-8(7)19-10/h6,11,14H,2-5H2,1H3,(H,15,16). The predicted molar refractivity (Wildman–Crippen MR) is 67.4 cm³/mol. The number of carboxylic acid groups (broad SMARTS) is 1. The van der Waals surface area contributed by atoms with Gasteiger partial charge in [-0.2, -0.15) is 0 Å². The lowest BCUT2D eigenvalue weighted by Crippen LogP contribution is -2.32. The molecule has 1 fully saturated rings. The number of rotatable bonds is 1. The van der Waals surface area contributed by atoms with Crippen molar-refractivity contribution in [3.8, 4) is 5.75 Å². The number of carbonyl (C=O) groups is 1. The molecule has 0 atom stereocenters. The number of hydrogen-bond donors (Lipinski definition) is 2. The van der Waals surface area contributed by atoms with E-state index in [1.807, 2.05) is 0 Å². The first kappa shape index (κ1) is 12.7. The van der Waals surface area contributed by atoms with Crippen LogP contribution in [0, 0.1) is 0 Å². The molecule has 3 rings (SSSR count). The minimum atomic E-state index is -0.908. The molecular formula is C12H15NO5S. The van der Waals surface area contributed by atoms with Crippen LogP contribution in [0.1, 0.15) is 28.5 Å². The van der Waals surface area contributed by atoms with Crippen molar-refractivity contribution in [2.75, 3.05) is 13.1 Å². The Morgan fingerprint density at radius 3 is 2.68 bits per heavy atom. The number of thiophene rings is 1. The molecule has 1 aromatic heterocycles. The molecule has 0 spiro atoms. The van der Waals surface area contributed by atoms with Gasteiger partial charge in [0.05, 0.1) is 0 Å². The molecule has 0 aliphatic carbocycles. The van der Waals surface area contributed by atoms with Crippen molar-refractivity contribution in [3.63, 3.8) is 0 Å². The highest BCUT2D eigenvalue weighted by atomic mass is 32.1. The van der Waals surface area contributed by atoms with Crippen LogP contribution in [0.3, 0.4) is 0 Å². The second-order valence-corrected chi connectivity index (χ2v) is 5.79. The van der Waals surface area contributed by atoms with E-state index in [4.69, 9.17) is 14.6 Å². The maximum atomic E-state index is 11.0. The number of hydrogen-bond acceptors (Lipinski definition) is 5. The van der Waals surface area contributed by atoms with Crippen molar-refractivity contribution < 1.29 is 24.5 Å². The van der Waals surface area contributed by atoms with E-state index in [-0.39, 0.29) is 12.0 Å². The second-order valence-electron chi connectivity index (χ2n) is 4.66. The lowest BCUT2D eigenvalue weighted by Gasteiger charge is -2.33. The fraction of sp³-hybridized carbons (Fsp3) is 0.583. The second kappa shape index (κ2) is 4.66. The van der Waals surface area contributed by atoms with Crippen molar-refractivity contribution in [2.45, 2.75) is 32.3 Å². The van der Waals surface area contributed by atoms with Crippen molar-refractivity contribution in [1.29, 1.82) is 0 Å². The number of nitrogens with zero attached hydrogens (tertiary/aromatic N) is 1. The molecule has 0 bridgehead atoms. The van der Waals surface area contributed by atoms with Gasteiger partial charge in [-0.15, -0.1) is 11.3 Å². The zero-order valence-corrected chi connectivity index (χ0v) is 11.3. The summed E-state index contributed by atoms with van der Waals surface area (Å²) in [6.45, 7) is 2.68. The molecule has 104 valence electrons. The molecule has 0 saturated carbocycles. The van der Waals surface area contributed by atoms with E-state index in [1.54, 1.807) is 6.92 Å². The van der Waals surface area contributed by atoms with Crippen molar-refractivity contribution >= 4 is 17.4 Å². The van der Waals surface area contributed by atoms with Gasteiger partial charge in [0.25, 0.3) is 0 Å². The van der Waals surface area contributed by atoms with Gasteiger partial charge in [-0.1, -0.05) is 0 Å². The Bertz CT molecular complexity index is 508. The molecule has 2 N–H and O–H groups in total. The summed E-state index contributed by atoms with van der Waals surface area (Å²) in [7, 11) is 0. The number of aromatic hydroxyl groups is 1. The van der Waals surface area contributed by atoms with E-state index in [9.17, 15) is 9.90 Å². The van der Waals surface area contributed by atoms with E-state index >= 15 is 0 Å². The van der Waals surface area contributed by atoms with E-state index in [1.165, 1.54) is 16.2 Å². The van der Waals surface area contributed by atoms with E-state index < -0.39 is 12.4 Å². The Balaban J connectivity index is 1.81. The summed E-state index contributed by atoms with van der Waals surface area (Å²) in [4.78, 5) is 14.1. The third-order valence-electron chi connectivity index (χ3n) is 3.44. The van der Waals surface area contributed by atoms with Crippen LogP contribution >= 0.6 is 11.3 Å². The van der Waals surface area contributed by atoms with Crippen LogP contribution in [-0.4, -0.2) is 40.6 Å². The molecule has 1 aromatic rings. The minimum absolute atomic E-state index is 0.212. The van der Waals surface area contributed by atoms with Gasteiger partial charge in [-0.05, 0) is 19.8 Å². The third-order valence-corrected chi connectivity index (χ3v) is 4.75. The van der Waals surface area contributed by atoms with Crippen LogP contribution < -0.4 is 0 Å². The summed E-state index contributed by atoms with van der Waals surface area (Å²) in [6.07, 6.45) is -0.445. The molecule has 2 aliphatic heterocycles. The molecule has 2 aliphatic rings. The van der Waals surface area contributed by atoms with Crippen LogP contribution in [0.15, 0.2) is 0 Å². The molecular weight excluding hydrogens is 270 g/mol. The highest BCUT2D eigenvalue weighted by Crippen LogP contribution is 2.45. The summed E-state index contributed by atoms with van der Waals surface area (Å²) in [5.41, 5.74) is 0.843. The summed E-state index contributed by atoms with van der Waals surface area (Å²) in [5.74, 6) is 0.212. The average Bonchev–Trinajstić information content (AvgIpc) is 2.51. The molecule has 6 nitrogen and oxygen atoms in total. The fourth-order valence-corrected chi connectivity index (χ4v) is 3.62. The van der Waals surface area contributed by atoms with Crippen molar-refractivity contribution in [1.82, 2.24) is 4.90 Å². The molecule has 0 unspecified atom stereocenters. The van der Waals surface area contributed by atoms with Gasteiger partial charge in [-0.3, -0.25) is 0 Å². The quantitative estimate of drug-likeness (QED) is 0.824. The van der Waals surface area contributed by atoms with Gasteiger partial charge < -0.3 is 24.6 Å². The van der Waals surface area contributed by atoms with E-state index in [2.05, 4.69) is 0 Å². The van der Waals surface area contributed by atoms with Crippen LogP contribution in [0.5, 0.6) is 5.75 Å². The largest absolute Gasteiger partial charge is 0.506 e. The predicted octanol–water partition coefficient (Wildman–Crippen LogP) is 1.92. The van der Waals surface area contributed by atoms with Crippen molar-refractivity contribution in [3.05, 3.63) is 15.3 Å². The SMILES string of the molecule is CC1OC(c2sc3c(c2O)CCN(C(=O)O)CC3)O1. The smallest absolute Gasteiger partial charge is 0.407 e. The lowest BCUT2D eigenvalue weighted by atomic mass is 10.1. The van der Waals surface area contributed by atoms with Gasteiger partial charge in [0.1, 0.15) is 10.6 Å². The first-order valence-corrected chi connectivity index (χ1v) is 7.00. The van der Waals surface area contributed by atoms with Crippen LogP contribution in [0.2, 0.25) is 0 Å². The highest BCUT2D eigenvalue weighted by molar-refractivity contribution is 7.12. The average molecular weight is 285 g/mol. The molecule has 0 radical (unpaired) electrons. The topological polar surface area (TPSA) is 79.2 Å². The Kier molecular flexibility index (Phi) is 3.12. The number of fused-ring (bicyclic) bond motifs is 1. The Morgan fingerprint density at radius 2 is 2.05 bits per heavy atom. The number of ether oxygens (including phenoxy) is 2. The zero-order valence-electron chi connectivity index (χ0n) is 10.5. The monoisotopic (exact) mass is 285 g/mol. The van der Waals surface area contributed by atoms with Crippen molar-refractivity contribution in [2.24, 2.45) is 0 Å². The maximum Gasteiger partial charge on any atom is 0.407 e. The lowest BCUT2D eigenvalue weighted by molar-refractivity contribution is -0.381. The van der Waals surface area contributed by atoms with Gasteiger partial charge in [0, 0.05) is 23.5 Å². The molecule has 3 heterocycles. The molecule has 7 heteroatoms. The third kappa shape index (κ3) is 2.18. The summed E-state index contributed by atoms with van der Waals surface area (Å²) in [6, 6.07) is 0. The first-order valence-electron chi connectivity index (χ1n) is 6.18. The maximum absolute atomic E-state index is 11.0. The van der Waals surface area contributed by atoms with Crippen LogP contribution in [0.4, 0.5) is 4.79 Å². The van der Waals surface area contributed by atoms with Crippen LogP contribution in [0.25, 0.3) is 0 Å². The van der Waals surface area contributed by atoms with E-state index in [0.29, 0.717) is 30.8 Å². The highest BCUT2D eigenvalue weighted by Gasteiger charge is 2.35. The Hall–Kier alpha value is -1.31.